The number of rotatable bonds is 6. The van der Waals surface area contributed by atoms with E-state index in [0.29, 0.717) is 6.04 Å². The number of nitrogens with zero attached hydrogens (tertiary/aromatic N) is 1. The van der Waals surface area contributed by atoms with Gasteiger partial charge in [-0.2, -0.15) is 0 Å². The van der Waals surface area contributed by atoms with Crippen molar-refractivity contribution in [1.29, 1.82) is 0 Å². The molecule has 2 N–H and O–H groups in total. The second-order valence-electron chi connectivity index (χ2n) is 6.17. The number of aliphatic imine (C=N–C) groups is 1. The summed E-state index contributed by atoms with van der Waals surface area (Å²) in [5.41, 5.74) is 0. The van der Waals surface area contributed by atoms with Crippen LogP contribution in [0.4, 0.5) is 0 Å². The Morgan fingerprint density at radius 1 is 1.35 bits per heavy atom. The van der Waals surface area contributed by atoms with Crippen LogP contribution in [-0.2, 0) is 0 Å². The van der Waals surface area contributed by atoms with Crippen molar-refractivity contribution in [2.24, 2.45) is 22.7 Å². The van der Waals surface area contributed by atoms with Gasteiger partial charge in [-0.3, -0.25) is 4.99 Å². The fourth-order valence-electron chi connectivity index (χ4n) is 2.99. The van der Waals surface area contributed by atoms with E-state index in [0.717, 1.165) is 30.3 Å². The molecule has 2 aliphatic carbocycles. The van der Waals surface area contributed by atoms with Crippen LogP contribution in [-0.4, -0.2) is 19.6 Å². The smallest absolute Gasteiger partial charge is 0.191 e. The van der Waals surface area contributed by atoms with Crippen molar-refractivity contribution in [1.82, 2.24) is 10.6 Å². The average molecular weight is 291 g/mol. The van der Waals surface area contributed by atoms with E-state index in [4.69, 9.17) is 0 Å². The first kappa shape index (κ1) is 13.9. The molecule has 0 bridgehead atoms. The summed E-state index contributed by atoms with van der Waals surface area (Å²) in [4.78, 5) is 5.72. The fourth-order valence-corrected chi connectivity index (χ4v) is 3.72. The molecule has 2 aliphatic rings. The van der Waals surface area contributed by atoms with Gasteiger partial charge >= 0.3 is 0 Å². The molecule has 1 aromatic heterocycles. The highest BCUT2D eigenvalue weighted by Gasteiger charge is 2.41. The van der Waals surface area contributed by atoms with Crippen molar-refractivity contribution in [3.63, 3.8) is 0 Å². The Bertz CT molecular complexity index is 434. The highest BCUT2D eigenvalue weighted by Crippen LogP contribution is 2.48. The molecule has 110 valence electrons. The van der Waals surface area contributed by atoms with E-state index in [-0.39, 0.29) is 0 Å². The van der Waals surface area contributed by atoms with Gasteiger partial charge in [0.1, 0.15) is 0 Å². The van der Waals surface area contributed by atoms with E-state index in [9.17, 15) is 0 Å². The standard InChI is InChI=1S/C16H25N3S/c1-11(15-4-3-9-20-15)19-16(17-2)18-10-14(12-5-6-12)13-7-8-13/h3-4,9,11-14H,5-8,10H2,1-2H3,(H2,17,18,19). The minimum atomic E-state index is 0.321. The molecule has 3 nitrogen and oxygen atoms in total. The van der Waals surface area contributed by atoms with E-state index in [1.54, 1.807) is 11.3 Å². The largest absolute Gasteiger partial charge is 0.356 e. The Labute approximate surface area is 125 Å². The lowest BCUT2D eigenvalue weighted by atomic mass is 9.98. The lowest BCUT2D eigenvalue weighted by molar-refractivity contribution is 0.399. The molecule has 0 spiro atoms. The van der Waals surface area contributed by atoms with Crippen molar-refractivity contribution >= 4 is 17.3 Å². The highest BCUT2D eigenvalue weighted by molar-refractivity contribution is 7.10. The summed E-state index contributed by atoms with van der Waals surface area (Å²) in [6, 6.07) is 4.60. The van der Waals surface area contributed by atoms with E-state index in [1.165, 1.54) is 30.6 Å². The summed E-state index contributed by atoms with van der Waals surface area (Å²) in [5, 5.41) is 9.17. The van der Waals surface area contributed by atoms with Crippen LogP contribution in [0.25, 0.3) is 0 Å². The molecular formula is C16H25N3S. The number of hydrogen-bond donors (Lipinski definition) is 2. The first-order valence-corrected chi connectivity index (χ1v) is 8.66. The number of hydrogen-bond acceptors (Lipinski definition) is 2. The van der Waals surface area contributed by atoms with Crippen molar-refractivity contribution in [3.05, 3.63) is 22.4 Å². The molecular weight excluding hydrogens is 266 g/mol. The summed E-state index contributed by atoms with van der Waals surface area (Å²) < 4.78 is 0. The Balaban J connectivity index is 1.49. The molecule has 0 radical (unpaired) electrons. The van der Waals surface area contributed by atoms with Gasteiger partial charge in [-0.15, -0.1) is 11.3 Å². The predicted molar refractivity (Wildman–Crippen MR) is 86.2 cm³/mol. The molecule has 1 atom stereocenters. The fraction of sp³-hybridized carbons (Fsp3) is 0.688. The average Bonchev–Trinajstić information content (AvgIpc) is 3.39. The van der Waals surface area contributed by atoms with E-state index >= 15 is 0 Å². The van der Waals surface area contributed by atoms with Gasteiger partial charge in [-0.1, -0.05) is 6.07 Å². The van der Waals surface area contributed by atoms with E-state index in [2.05, 4.69) is 40.1 Å². The van der Waals surface area contributed by atoms with E-state index in [1.807, 2.05) is 7.05 Å². The minimum Gasteiger partial charge on any atom is -0.356 e. The quantitative estimate of drug-likeness (QED) is 0.622. The minimum absolute atomic E-state index is 0.321. The normalized spacial score (nSPS) is 21.1. The molecule has 0 aliphatic heterocycles. The molecule has 1 aromatic rings. The summed E-state index contributed by atoms with van der Waals surface area (Å²) in [6.07, 6.45) is 5.78. The van der Waals surface area contributed by atoms with Gasteiger partial charge in [0.15, 0.2) is 5.96 Å². The first-order valence-electron chi connectivity index (χ1n) is 7.78. The maximum absolute atomic E-state index is 4.37. The van der Waals surface area contributed by atoms with Crippen LogP contribution in [0.3, 0.4) is 0 Å². The Kier molecular flexibility index (Phi) is 4.29. The molecule has 3 rings (SSSR count). The Morgan fingerprint density at radius 2 is 2.05 bits per heavy atom. The second-order valence-corrected chi connectivity index (χ2v) is 7.15. The van der Waals surface area contributed by atoms with Crippen LogP contribution < -0.4 is 10.6 Å². The Hall–Kier alpha value is -1.03. The molecule has 4 heteroatoms. The predicted octanol–water partition coefficient (Wildman–Crippen LogP) is 3.41. The molecule has 1 unspecified atom stereocenters. The molecule has 2 fully saturated rings. The summed E-state index contributed by atoms with van der Waals surface area (Å²) in [7, 11) is 1.86. The zero-order chi connectivity index (χ0) is 13.9. The van der Waals surface area contributed by atoms with Gasteiger partial charge in [0.05, 0.1) is 6.04 Å². The summed E-state index contributed by atoms with van der Waals surface area (Å²) >= 11 is 1.79. The van der Waals surface area contributed by atoms with Gasteiger partial charge in [0.25, 0.3) is 0 Å². The monoisotopic (exact) mass is 291 g/mol. The van der Waals surface area contributed by atoms with Gasteiger partial charge in [-0.05, 0) is 61.8 Å². The van der Waals surface area contributed by atoms with Crippen LogP contribution in [0.1, 0.15) is 43.5 Å². The third-order valence-corrected chi connectivity index (χ3v) is 5.56. The van der Waals surface area contributed by atoms with Gasteiger partial charge in [0.2, 0.25) is 0 Å². The molecule has 1 heterocycles. The van der Waals surface area contributed by atoms with Gasteiger partial charge < -0.3 is 10.6 Å². The second kappa shape index (κ2) is 6.17. The third-order valence-electron chi connectivity index (χ3n) is 4.51. The van der Waals surface area contributed by atoms with Crippen LogP contribution in [0.2, 0.25) is 0 Å². The molecule has 20 heavy (non-hydrogen) atoms. The topological polar surface area (TPSA) is 36.4 Å². The third kappa shape index (κ3) is 3.54. The lowest BCUT2D eigenvalue weighted by Crippen LogP contribution is -2.41. The molecule has 0 aromatic carbocycles. The summed E-state index contributed by atoms with van der Waals surface area (Å²) in [6.45, 7) is 3.28. The Morgan fingerprint density at radius 3 is 2.55 bits per heavy atom. The van der Waals surface area contributed by atoms with Crippen LogP contribution >= 0.6 is 11.3 Å². The number of nitrogens with one attached hydrogen (secondary N) is 2. The van der Waals surface area contributed by atoms with Crippen LogP contribution in [0.5, 0.6) is 0 Å². The maximum atomic E-state index is 4.37. The van der Waals surface area contributed by atoms with Gasteiger partial charge in [-0.25, -0.2) is 0 Å². The first-order chi connectivity index (χ1) is 9.78. The molecule has 2 saturated carbocycles. The maximum Gasteiger partial charge on any atom is 0.191 e. The van der Waals surface area contributed by atoms with Crippen LogP contribution in [0, 0.1) is 17.8 Å². The number of guanidine groups is 1. The highest BCUT2D eigenvalue weighted by atomic mass is 32.1. The van der Waals surface area contributed by atoms with Crippen molar-refractivity contribution in [3.8, 4) is 0 Å². The van der Waals surface area contributed by atoms with Crippen LogP contribution in [0.15, 0.2) is 22.5 Å². The van der Waals surface area contributed by atoms with Gasteiger partial charge in [0, 0.05) is 18.5 Å². The van der Waals surface area contributed by atoms with E-state index < -0.39 is 0 Å². The molecule has 0 saturated heterocycles. The van der Waals surface area contributed by atoms with Crippen molar-refractivity contribution in [2.45, 2.75) is 38.6 Å². The zero-order valence-corrected chi connectivity index (χ0v) is 13.2. The van der Waals surface area contributed by atoms with Crippen molar-refractivity contribution in [2.75, 3.05) is 13.6 Å². The lowest BCUT2D eigenvalue weighted by Gasteiger charge is -2.21. The van der Waals surface area contributed by atoms with Crippen molar-refractivity contribution < 1.29 is 0 Å². The SMILES string of the molecule is CN=C(NCC(C1CC1)C1CC1)NC(C)c1cccs1. The molecule has 0 amide bonds. The number of thiophene rings is 1. The summed E-state index contributed by atoms with van der Waals surface area (Å²) in [5.74, 6) is 3.80. The zero-order valence-electron chi connectivity index (χ0n) is 12.4.